The van der Waals surface area contributed by atoms with Gasteiger partial charge in [0.15, 0.2) is 0 Å². The van der Waals surface area contributed by atoms with E-state index < -0.39 is 0 Å². The van der Waals surface area contributed by atoms with Crippen molar-refractivity contribution >= 4 is 5.78 Å². The highest BCUT2D eigenvalue weighted by Crippen LogP contribution is 2.19. The van der Waals surface area contributed by atoms with Crippen LogP contribution in [-0.4, -0.2) is 12.4 Å². The van der Waals surface area contributed by atoms with Gasteiger partial charge < -0.3 is 4.74 Å². The maximum atomic E-state index is 11.9. The predicted octanol–water partition coefficient (Wildman–Crippen LogP) is 4.80. The van der Waals surface area contributed by atoms with Crippen LogP contribution in [0.5, 0.6) is 5.75 Å². The third kappa shape index (κ3) is 6.23. The lowest BCUT2D eigenvalue weighted by molar-refractivity contribution is -0.126. The number of ether oxygens (including phenoxy) is 1. The zero-order chi connectivity index (χ0) is 15.0. The van der Waals surface area contributed by atoms with Crippen LogP contribution in [0.4, 0.5) is 0 Å². The van der Waals surface area contributed by atoms with E-state index in [0.29, 0.717) is 12.2 Å². The van der Waals surface area contributed by atoms with Crippen LogP contribution in [0, 0.1) is 5.41 Å². The van der Waals surface area contributed by atoms with Crippen molar-refractivity contribution in [2.45, 2.75) is 59.8 Å². The number of benzene rings is 1. The molecular formula is C18H28O2. The van der Waals surface area contributed by atoms with Crippen molar-refractivity contribution in [1.29, 1.82) is 0 Å². The first kappa shape index (κ1) is 16.7. The molecule has 0 aliphatic carbocycles. The molecule has 0 radical (unpaired) electrons. The molecule has 0 aliphatic rings. The van der Waals surface area contributed by atoms with Crippen molar-refractivity contribution in [2.24, 2.45) is 5.41 Å². The molecule has 0 N–H and O–H groups in total. The molecule has 0 atom stereocenters. The molecule has 112 valence electrons. The number of carbonyl (C=O) groups is 1. The van der Waals surface area contributed by atoms with Gasteiger partial charge in [0.2, 0.25) is 0 Å². The van der Waals surface area contributed by atoms with Gasteiger partial charge >= 0.3 is 0 Å². The second kappa shape index (κ2) is 8.08. The van der Waals surface area contributed by atoms with Gasteiger partial charge in [0.05, 0.1) is 6.61 Å². The Morgan fingerprint density at radius 3 is 2.30 bits per heavy atom. The van der Waals surface area contributed by atoms with Gasteiger partial charge in [0.25, 0.3) is 0 Å². The Balaban J connectivity index is 2.37. The second-order valence-electron chi connectivity index (χ2n) is 6.37. The van der Waals surface area contributed by atoms with E-state index in [2.05, 4.69) is 19.1 Å². The lowest BCUT2D eigenvalue weighted by Gasteiger charge is -2.16. The summed E-state index contributed by atoms with van der Waals surface area (Å²) in [5.74, 6) is 1.24. The van der Waals surface area contributed by atoms with Crippen LogP contribution in [0.3, 0.4) is 0 Å². The SMILES string of the molecule is CCCCCOc1ccc(CCC(=O)C(C)(C)C)cc1. The Morgan fingerprint density at radius 1 is 1.10 bits per heavy atom. The quantitative estimate of drug-likeness (QED) is 0.637. The van der Waals surface area contributed by atoms with Crippen LogP contribution < -0.4 is 4.74 Å². The highest BCUT2D eigenvalue weighted by atomic mass is 16.5. The number of rotatable bonds is 8. The maximum Gasteiger partial charge on any atom is 0.138 e. The predicted molar refractivity (Wildman–Crippen MR) is 84.2 cm³/mol. The summed E-state index contributed by atoms with van der Waals surface area (Å²) in [6, 6.07) is 8.13. The fraction of sp³-hybridized carbons (Fsp3) is 0.611. The minimum absolute atomic E-state index is 0.234. The van der Waals surface area contributed by atoms with Crippen molar-refractivity contribution < 1.29 is 9.53 Å². The summed E-state index contributed by atoms with van der Waals surface area (Å²) in [5, 5.41) is 0. The van der Waals surface area contributed by atoms with E-state index in [0.717, 1.165) is 25.2 Å². The fourth-order valence-corrected chi connectivity index (χ4v) is 1.93. The number of ketones is 1. The first-order chi connectivity index (χ1) is 9.43. The Kier molecular flexibility index (Phi) is 6.77. The van der Waals surface area contributed by atoms with Crippen LogP contribution in [0.2, 0.25) is 0 Å². The Labute approximate surface area is 123 Å². The van der Waals surface area contributed by atoms with Gasteiger partial charge in [-0.15, -0.1) is 0 Å². The summed E-state index contributed by atoms with van der Waals surface area (Å²) in [6.07, 6.45) is 4.96. The summed E-state index contributed by atoms with van der Waals surface area (Å²) in [5.41, 5.74) is 0.964. The second-order valence-corrected chi connectivity index (χ2v) is 6.37. The van der Waals surface area contributed by atoms with Gasteiger partial charge in [-0.3, -0.25) is 4.79 Å². The lowest BCUT2D eigenvalue weighted by atomic mass is 9.87. The molecule has 1 rings (SSSR count). The van der Waals surface area contributed by atoms with Gasteiger partial charge in [0.1, 0.15) is 11.5 Å². The van der Waals surface area contributed by atoms with Gasteiger partial charge in [-0.25, -0.2) is 0 Å². The fourth-order valence-electron chi connectivity index (χ4n) is 1.93. The van der Waals surface area contributed by atoms with E-state index >= 15 is 0 Å². The molecule has 1 aromatic carbocycles. The maximum absolute atomic E-state index is 11.9. The van der Waals surface area contributed by atoms with Crippen LogP contribution >= 0.6 is 0 Å². The Bertz CT molecular complexity index is 398. The van der Waals surface area contributed by atoms with E-state index in [1.807, 2.05) is 32.9 Å². The Hall–Kier alpha value is -1.31. The molecule has 0 amide bonds. The number of unbranched alkanes of at least 4 members (excludes halogenated alkanes) is 2. The highest BCUT2D eigenvalue weighted by molar-refractivity contribution is 5.83. The minimum atomic E-state index is -0.234. The summed E-state index contributed by atoms with van der Waals surface area (Å²) in [4.78, 5) is 11.9. The molecule has 0 fully saturated rings. The van der Waals surface area contributed by atoms with Gasteiger partial charge in [-0.1, -0.05) is 52.7 Å². The van der Waals surface area contributed by atoms with Crippen LogP contribution in [-0.2, 0) is 11.2 Å². The minimum Gasteiger partial charge on any atom is -0.494 e. The largest absolute Gasteiger partial charge is 0.494 e. The molecule has 0 heterocycles. The van der Waals surface area contributed by atoms with Gasteiger partial charge in [-0.2, -0.15) is 0 Å². The summed E-state index contributed by atoms with van der Waals surface area (Å²) in [6.45, 7) is 8.90. The van der Waals surface area contributed by atoms with Crippen molar-refractivity contribution in [2.75, 3.05) is 6.61 Å². The van der Waals surface area contributed by atoms with Crippen molar-refractivity contribution in [3.05, 3.63) is 29.8 Å². The zero-order valence-electron chi connectivity index (χ0n) is 13.4. The summed E-state index contributed by atoms with van der Waals surface area (Å²) >= 11 is 0. The molecule has 0 spiro atoms. The van der Waals surface area contributed by atoms with E-state index in [1.165, 1.54) is 18.4 Å². The molecule has 0 aliphatic heterocycles. The van der Waals surface area contributed by atoms with E-state index in [4.69, 9.17) is 4.74 Å². The molecule has 0 aromatic heterocycles. The number of carbonyl (C=O) groups excluding carboxylic acids is 1. The number of Topliss-reactive ketones (excluding diaryl/α,β-unsaturated/α-hetero) is 1. The van der Waals surface area contributed by atoms with E-state index in [9.17, 15) is 4.79 Å². The average Bonchev–Trinajstić information content (AvgIpc) is 2.41. The van der Waals surface area contributed by atoms with Crippen LogP contribution in [0.15, 0.2) is 24.3 Å². The number of hydrogen-bond donors (Lipinski definition) is 0. The summed E-state index contributed by atoms with van der Waals surface area (Å²) < 4.78 is 5.68. The number of hydrogen-bond acceptors (Lipinski definition) is 2. The normalized spacial score (nSPS) is 11.4. The van der Waals surface area contributed by atoms with Crippen molar-refractivity contribution in [3.63, 3.8) is 0 Å². The average molecular weight is 276 g/mol. The van der Waals surface area contributed by atoms with Crippen molar-refractivity contribution in [3.8, 4) is 5.75 Å². The number of aryl methyl sites for hydroxylation is 1. The molecule has 0 saturated carbocycles. The molecule has 2 nitrogen and oxygen atoms in total. The topological polar surface area (TPSA) is 26.3 Å². The van der Waals surface area contributed by atoms with Gasteiger partial charge in [-0.05, 0) is 30.5 Å². The molecule has 0 saturated heterocycles. The molecule has 20 heavy (non-hydrogen) atoms. The first-order valence-corrected chi connectivity index (χ1v) is 7.68. The van der Waals surface area contributed by atoms with E-state index in [-0.39, 0.29) is 5.41 Å². The third-order valence-corrected chi connectivity index (χ3v) is 3.42. The third-order valence-electron chi connectivity index (χ3n) is 3.42. The first-order valence-electron chi connectivity index (χ1n) is 7.68. The Morgan fingerprint density at radius 2 is 1.75 bits per heavy atom. The lowest BCUT2D eigenvalue weighted by Crippen LogP contribution is -2.20. The highest BCUT2D eigenvalue weighted by Gasteiger charge is 2.20. The van der Waals surface area contributed by atoms with Gasteiger partial charge in [0, 0.05) is 11.8 Å². The molecular weight excluding hydrogens is 248 g/mol. The summed E-state index contributed by atoms with van der Waals surface area (Å²) in [7, 11) is 0. The van der Waals surface area contributed by atoms with Crippen molar-refractivity contribution in [1.82, 2.24) is 0 Å². The standard InChI is InChI=1S/C18H28O2/c1-5-6-7-14-20-16-11-8-15(9-12-16)10-13-17(19)18(2,3)4/h8-9,11-12H,5-7,10,13-14H2,1-4H3. The monoisotopic (exact) mass is 276 g/mol. The smallest absolute Gasteiger partial charge is 0.138 e. The zero-order valence-corrected chi connectivity index (χ0v) is 13.4. The molecule has 2 heteroatoms. The molecule has 0 unspecified atom stereocenters. The van der Waals surface area contributed by atoms with Crippen LogP contribution in [0.1, 0.15) is 58.9 Å². The molecule has 0 bridgehead atoms. The van der Waals surface area contributed by atoms with E-state index in [1.54, 1.807) is 0 Å². The van der Waals surface area contributed by atoms with Crippen LogP contribution in [0.25, 0.3) is 0 Å². The molecule has 1 aromatic rings.